The molecule has 2 aromatic carbocycles. The minimum atomic E-state index is 0.156. The highest BCUT2D eigenvalue weighted by Gasteiger charge is 2.16. The maximum absolute atomic E-state index is 6.05. The standard InChI is InChI=1S/C16H13Br2ClO/c17-13-9-12(3-5-14(13)19)16(18)11-4-6-15-10(8-11)2-1-7-20-15/h3-6,8-9,16H,1-2,7H2. The zero-order valence-corrected chi connectivity index (χ0v) is 14.6. The van der Waals surface area contributed by atoms with Gasteiger partial charge in [-0.1, -0.05) is 45.7 Å². The molecule has 0 aliphatic carbocycles. The number of rotatable bonds is 2. The minimum absolute atomic E-state index is 0.156. The third-order valence-electron chi connectivity index (χ3n) is 3.46. The van der Waals surface area contributed by atoms with Crippen LogP contribution in [0.25, 0.3) is 0 Å². The average molecular weight is 417 g/mol. The molecule has 0 bridgehead atoms. The van der Waals surface area contributed by atoms with E-state index < -0.39 is 0 Å². The molecule has 0 saturated heterocycles. The second-order valence-corrected chi connectivity index (χ2v) is 7.03. The van der Waals surface area contributed by atoms with Gasteiger partial charge in [0.05, 0.1) is 16.5 Å². The molecule has 0 N–H and O–H groups in total. The van der Waals surface area contributed by atoms with Crippen LogP contribution in [-0.2, 0) is 6.42 Å². The van der Waals surface area contributed by atoms with Crippen molar-refractivity contribution in [3.05, 3.63) is 62.6 Å². The van der Waals surface area contributed by atoms with Gasteiger partial charge in [0.1, 0.15) is 5.75 Å². The Morgan fingerprint density at radius 1 is 1.10 bits per heavy atom. The predicted octanol–water partition coefficient (Wildman–Crippen LogP) is 5.91. The molecule has 3 rings (SSSR count). The minimum Gasteiger partial charge on any atom is -0.493 e. The lowest BCUT2D eigenvalue weighted by Gasteiger charge is -2.19. The van der Waals surface area contributed by atoms with E-state index in [2.05, 4.69) is 56.1 Å². The quantitative estimate of drug-likeness (QED) is 0.553. The van der Waals surface area contributed by atoms with E-state index in [-0.39, 0.29) is 4.83 Å². The lowest BCUT2D eigenvalue weighted by atomic mass is 9.99. The summed E-state index contributed by atoms with van der Waals surface area (Å²) < 4.78 is 6.58. The van der Waals surface area contributed by atoms with E-state index in [1.807, 2.05) is 12.1 Å². The van der Waals surface area contributed by atoms with Crippen molar-refractivity contribution >= 4 is 43.5 Å². The second kappa shape index (κ2) is 6.08. The first-order chi connectivity index (χ1) is 9.65. The van der Waals surface area contributed by atoms with E-state index in [9.17, 15) is 0 Å². The highest BCUT2D eigenvalue weighted by atomic mass is 79.9. The molecule has 0 spiro atoms. The van der Waals surface area contributed by atoms with Gasteiger partial charge in [0, 0.05) is 4.47 Å². The van der Waals surface area contributed by atoms with Gasteiger partial charge in [0.2, 0.25) is 0 Å². The third kappa shape index (κ3) is 2.90. The van der Waals surface area contributed by atoms with E-state index in [1.54, 1.807) is 0 Å². The fourth-order valence-electron chi connectivity index (χ4n) is 2.40. The van der Waals surface area contributed by atoms with Crippen molar-refractivity contribution in [1.82, 2.24) is 0 Å². The van der Waals surface area contributed by atoms with E-state index >= 15 is 0 Å². The summed E-state index contributed by atoms with van der Waals surface area (Å²) in [6.07, 6.45) is 2.18. The van der Waals surface area contributed by atoms with Gasteiger partial charge in [-0.2, -0.15) is 0 Å². The topological polar surface area (TPSA) is 9.23 Å². The van der Waals surface area contributed by atoms with Crippen LogP contribution in [0.15, 0.2) is 40.9 Å². The Bertz CT molecular complexity index is 642. The molecule has 20 heavy (non-hydrogen) atoms. The molecule has 0 amide bonds. The maximum Gasteiger partial charge on any atom is 0.122 e. The van der Waals surface area contributed by atoms with Gasteiger partial charge in [-0.05, 0) is 63.7 Å². The zero-order chi connectivity index (χ0) is 14.1. The number of ether oxygens (including phenoxy) is 1. The van der Waals surface area contributed by atoms with Gasteiger partial charge in [0.25, 0.3) is 0 Å². The second-order valence-electron chi connectivity index (χ2n) is 4.86. The molecule has 0 radical (unpaired) electrons. The van der Waals surface area contributed by atoms with E-state index in [1.165, 1.54) is 16.7 Å². The highest BCUT2D eigenvalue weighted by molar-refractivity contribution is 9.10. The van der Waals surface area contributed by atoms with Crippen LogP contribution in [0.1, 0.15) is 27.9 Å². The Hall–Kier alpha value is -0.510. The van der Waals surface area contributed by atoms with Crippen LogP contribution in [-0.4, -0.2) is 6.61 Å². The molecule has 0 saturated carbocycles. The summed E-state index contributed by atoms with van der Waals surface area (Å²) >= 11 is 13.3. The summed E-state index contributed by atoms with van der Waals surface area (Å²) in [4.78, 5) is 0.156. The number of hydrogen-bond acceptors (Lipinski definition) is 1. The summed E-state index contributed by atoms with van der Waals surface area (Å²) in [7, 11) is 0. The van der Waals surface area contributed by atoms with Gasteiger partial charge >= 0.3 is 0 Å². The Morgan fingerprint density at radius 3 is 2.65 bits per heavy atom. The Balaban J connectivity index is 1.93. The number of fused-ring (bicyclic) bond motifs is 1. The predicted molar refractivity (Wildman–Crippen MR) is 90.2 cm³/mol. The largest absolute Gasteiger partial charge is 0.493 e. The van der Waals surface area contributed by atoms with Gasteiger partial charge in [0.15, 0.2) is 0 Å². The molecule has 1 atom stereocenters. The van der Waals surface area contributed by atoms with E-state index in [0.29, 0.717) is 0 Å². The van der Waals surface area contributed by atoms with Crippen LogP contribution in [0, 0.1) is 0 Å². The van der Waals surface area contributed by atoms with Gasteiger partial charge in [-0.25, -0.2) is 0 Å². The number of alkyl halides is 1. The molecular weight excluding hydrogens is 403 g/mol. The van der Waals surface area contributed by atoms with Crippen molar-refractivity contribution in [2.24, 2.45) is 0 Å². The van der Waals surface area contributed by atoms with Crippen molar-refractivity contribution < 1.29 is 4.74 Å². The number of aryl methyl sites for hydroxylation is 1. The van der Waals surface area contributed by atoms with Crippen molar-refractivity contribution in [2.45, 2.75) is 17.7 Å². The summed E-state index contributed by atoms with van der Waals surface area (Å²) in [5, 5.41) is 0.729. The third-order valence-corrected chi connectivity index (χ3v) is 5.73. The molecule has 0 fully saturated rings. The first kappa shape index (κ1) is 14.4. The van der Waals surface area contributed by atoms with Crippen molar-refractivity contribution in [3.63, 3.8) is 0 Å². The normalized spacial score (nSPS) is 15.3. The smallest absolute Gasteiger partial charge is 0.122 e. The van der Waals surface area contributed by atoms with Crippen LogP contribution in [0.4, 0.5) is 0 Å². The molecular formula is C16H13Br2ClO. The van der Waals surface area contributed by atoms with Crippen molar-refractivity contribution in [2.75, 3.05) is 6.61 Å². The number of halogens is 3. The first-order valence-corrected chi connectivity index (χ1v) is 8.58. The average Bonchev–Trinajstić information content (AvgIpc) is 2.49. The van der Waals surface area contributed by atoms with Gasteiger partial charge in [-0.15, -0.1) is 0 Å². The molecule has 1 unspecified atom stereocenters. The molecule has 2 aromatic rings. The molecule has 104 valence electrons. The van der Waals surface area contributed by atoms with Crippen LogP contribution >= 0.6 is 43.5 Å². The van der Waals surface area contributed by atoms with Crippen LogP contribution in [0.5, 0.6) is 5.75 Å². The van der Waals surface area contributed by atoms with E-state index in [4.69, 9.17) is 16.3 Å². The maximum atomic E-state index is 6.05. The fourth-order valence-corrected chi connectivity index (χ4v) is 3.48. The number of hydrogen-bond donors (Lipinski definition) is 0. The first-order valence-electron chi connectivity index (χ1n) is 6.50. The monoisotopic (exact) mass is 414 g/mol. The molecule has 4 heteroatoms. The Kier molecular flexibility index (Phi) is 4.39. The lowest BCUT2D eigenvalue weighted by molar-refractivity contribution is 0.288. The molecule has 1 nitrogen and oxygen atoms in total. The van der Waals surface area contributed by atoms with Gasteiger partial charge < -0.3 is 4.74 Å². The zero-order valence-electron chi connectivity index (χ0n) is 10.7. The van der Waals surface area contributed by atoms with Crippen LogP contribution < -0.4 is 4.74 Å². The Labute approximate surface area is 140 Å². The fraction of sp³-hybridized carbons (Fsp3) is 0.250. The van der Waals surface area contributed by atoms with Crippen LogP contribution in [0.3, 0.4) is 0 Å². The summed E-state index contributed by atoms with van der Waals surface area (Å²) in [6, 6.07) is 12.4. The van der Waals surface area contributed by atoms with Crippen LogP contribution in [0.2, 0.25) is 5.02 Å². The molecule has 0 aromatic heterocycles. The molecule has 1 aliphatic heterocycles. The van der Waals surface area contributed by atoms with E-state index in [0.717, 1.165) is 34.7 Å². The summed E-state index contributed by atoms with van der Waals surface area (Å²) in [5.41, 5.74) is 3.72. The SMILES string of the molecule is Clc1ccc(C(Br)c2ccc3c(c2)CCCO3)cc1Br. The van der Waals surface area contributed by atoms with Crippen molar-refractivity contribution in [3.8, 4) is 5.75 Å². The molecule has 1 aliphatic rings. The van der Waals surface area contributed by atoms with Gasteiger partial charge in [-0.3, -0.25) is 0 Å². The summed E-state index contributed by atoms with van der Waals surface area (Å²) in [5.74, 6) is 1.02. The lowest BCUT2D eigenvalue weighted by Crippen LogP contribution is -2.08. The van der Waals surface area contributed by atoms with Crippen molar-refractivity contribution in [1.29, 1.82) is 0 Å². The Morgan fingerprint density at radius 2 is 1.85 bits per heavy atom. The number of benzene rings is 2. The highest BCUT2D eigenvalue weighted by Crippen LogP contribution is 2.37. The summed E-state index contributed by atoms with van der Waals surface area (Å²) in [6.45, 7) is 0.828. The molecule has 1 heterocycles.